The van der Waals surface area contributed by atoms with E-state index in [1.807, 2.05) is 0 Å². The maximum absolute atomic E-state index is 12.7. The number of carbonyl (C=O) groups is 1. The molecule has 1 amide bonds. The van der Waals surface area contributed by atoms with Crippen LogP contribution in [0.4, 0.5) is 0 Å². The van der Waals surface area contributed by atoms with Gasteiger partial charge < -0.3 is 14.8 Å². The summed E-state index contributed by atoms with van der Waals surface area (Å²) in [7, 11) is 0. The van der Waals surface area contributed by atoms with Crippen molar-refractivity contribution >= 4 is 5.91 Å². The van der Waals surface area contributed by atoms with Crippen LogP contribution in [-0.4, -0.2) is 50.2 Å². The number of nitrogens with zero attached hydrogens (tertiary/aromatic N) is 5. The average Bonchev–Trinajstić information content (AvgIpc) is 2.96. The number of hydrogen-bond acceptors (Lipinski definition) is 5. The maximum Gasteiger partial charge on any atom is 0.253 e. The minimum absolute atomic E-state index is 0.118. The standard InChI is InChI=1S/C20H30N6O/c1-4-9-25-10-7-18-23-24-19(26(18)12-11-25)17(13-15(2)3)22-20(27)16-6-5-8-21-14-16/h5-6,8,14-15,17H,4,7,9-13H2,1-3H3,(H,22,27)/t17-/m1/s1. The number of nitrogens with one attached hydrogen (secondary N) is 1. The molecule has 0 aromatic carbocycles. The van der Waals surface area contributed by atoms with Gasteiger partial charge in [-0.3, -0.25) is 9.78 Å². The first kappa shape index (κ1) is 19.5. The molecule has 0 radical (unpaired) electrons. The fourth-order valence-electron chi connectivity index (χ4n) is 3.63. The number of amides is 1. The van der Waals surface area contributed by atoms with Crippen LogP contribution in [0.3, 0.4) is 0 Å². The van der Waals surface area contributed by atoms with Gasteiger partial charge in [0, 0.05) is 38.4 Å². The topological polar surface area (TPSA) is 75.9 Å². The Morgan fingerprint density at radius 3 is 2.81 bits per heavy atom. The van der Waals surface area contributed by atoms with E-state index in [1.165, 1.54) is 0 Å². The van der Waals surface area contributed by atoms with Crippen LogP contribution in [0.5, 0.6) is 0 Å². The highest BCUT2D eigenvalue weighted by molar-refractivity contribution is 5.94. The Hall–Kier alpha value is -2.28. The molecule has 3 heterocycles. The first-order valence-corrected chi connectivity index (χ1v) is 9.93. The van der Waals surface area contributed by atoms with Gasteiger partial charge in [0.15, 0.2) is 5.82 Å². The number of rotatable bonds is 7. The molecule has 27 heavy (non-hydrogen) atoms. The summed E-state index contributed by atoms with van der Waals surface area (Å²) in [6.07, 6.45) is 6.14. The molecule has 0 aliphatic carbocycles. The molecule has 0 unspecified atom stereocenters. The van der Waals surface area contributed by atoms with Gasteiger partial charge in [0.25, 0.3) is 5.91 Å². The summed E-state index contributed by atoms with van der Waals surface area (Å²) >= 11 is 0. The predicted molar refractivity (Wildman–Crippen MR) is 104 cm³/mol. The third-order valence-electron chi connectivity index (χ3n) is 4.94. The lowest BCUT2D eigenvalue weighted by Crippen LogP contribution is -2.32. The van der Waals surface area contributed by atoms with E-state index in [0.29, 0.717) is 11.5 Å². The molecule has 7 heteroatoms. The highest BCUT2D eigenvalue weighted by atomic mass is 16.1. The SMILES string of the molecule is CCCN1CCc2nnc([C@@H](CC(C)C)NC(=O)c3cccnc3)n2CC1. The van der Waals surface area contributed by atoms with Gasteiger partial charge in [-0.1, -0.05) is 20.8 Å². The van der Waals surface area contributed by atoms with Crippen molar-refractivity contribution in [1.82, 2.24) is 30.0 Å². The molecular formula is C20H30N6O. The molecule has 0 spiro atoms. The molecule has 0 saturated carbocycles. The predicted octanol–water partition coefficient (Wildman–Crippen LogP) is 2.46. The van der Waals surface area contributed by atoms with Crippen molar-refractivity contribution in [2.45, 2.75) is 52.6 Å². The van der Waals surface area contributed by atoms with Gasteiger partial charge in [0.2, 0.25) is 0 Å². The molecule has 146 valence electrons. The van der Waals surface area contributed by atoms with Gasteiger partial charge in [0.05, 0.1) is 11.6 Å². The fraction of sp³-hybridized carbons (Fsp3) is 0.600. The van der Waals surface area contributed by atoms with Crippen LogP contribution in [-0.2, 0) is 13.0 Å². The summed E-state index contributed by atoms with van der Waals surface area (Å²) in [6.45, 7) is 10.5. The van der Waals surface area contributed by atoms with Crippen LogP contribution >= 0.6 is 0 Å². The highest BCUT2D eigenvalue weighted by Crippen LogP contribution is 2.23. The summed E-state index contributed by atoms with van der Waals surface area (Å²) in [4.78, 5) is 19.2. The van der Waals surface area contributed by atoms with E-state index in [1.54, 1.807) is 24.5 Å². The minimum Gasteiger partial charge on any atom is -0.342 e. The Morgan fingerprint density at radius 2 is 2.11 bits per heavy atom. The Bertz CT molecular complexity index is 742. The lowest BCUT2D eigenvalue weighted by molar-refractivity contribution is 0.0928. The van der Waals surface area contributed by atoms with Gasteiger partial charge in [-0.15, -0.1) is 10.2 Å². The molecule has 0 saturated heterocycles. The molecule has 0 bridgehead atoms. The first-order chi connectivity index (χ1) is 13.1. The smallest absolute Gasteiger partial charge is 0.253 e. The Morgan fingerprint density at radius 1 is 1.26 bits per heavy atom. The Balaban J connectivity index is 1.80. The summed E-state index contributed by atoms with van der Waals surface area (Å²) in [6, 6.07) is 3.40. The fourth-order valence-corrected chi connectivity index (χ4v) is 3.63. The number of pyridine rings is 1. The molecule has 1 aliphatic rings. The van der Waals surface area contributed by atoms with Crippen LogP contribution in [0, 0.1) is 5.92 Å². The summed E-state index contributed by atoms with van der Waals surface area (Å²) < 4.78 is 2.21. The highest BCUT2D eigenvalue weighted by Gasteiger charge is 2.26. The van der Waals surface area contributed by atoms with Crippen LogP contribution in [0.2, 0.25) is 0 Å². The van der Waals surface area contributed by atoms with E-state index >= 15 is 0 Å². The second kappa shape index (κ2) is 9.08. The molecule has 2 aromatic rings. The van der Waals surface area contributed by atoms with E-state index in [4.69, 9.17) is 0 Å². The lowest BCUT2D eigenvalue weighted by Gasteiger charge is -2.22. The van der Waals surface area contributed by atoms with Crippen LogP contribution in [0.1, 0.15) is 61.7 Å². The zero-order valence-electron chi connectivity index (χ0n) is 16.6. The lowest BCUT2D eigenvalue weighted by atomic mass is 10.0. The molecule has 2 aromatic heterocycles. The Labute approximate surface area is 161 Å². The van der Waals surface area contributed by atoms with Gasteiger partial charge in [0.1, 0.15) is 5.82 Å². The monoisotopic (exact) mass is 370 g/mol. The van der Waals surface area contributed by atoms with Crippen molar-refractivity contribution in [3.05, 3.63) is 41.7 Å². The number of aromatic nitrogens is 4. The molecule has 3 rings (SSSR count). The molecule has 7 nitrogen and oxygen atoms in total. The van der Waals surface area contributed by atoms with E-state index in [9.17, 15) is 4.79 Å². The number of fused-ring (bicyclic) bond motifs is 1. The van der Waals surface area contributed by atoms with Crippen molar-refractivity contribution in [3.63, 3.8) is 0 Å². The number of carbonyl (C=O) groups excluding carboxylic acids is 1. The van der Waals surface area contributed by atoms with Crippen molar-refractivity contribution in [1.29, 1.82) is 0 Å². The Kier molecular flexibility index (Phi) is 6.55. The van der Waals surface area contributed by atoms with Crippen molar-refractivity contribution in [3.8, 4) is 0 Å². The zero-order chi connectivity index (χ0) is 19.2. The van der Waals surface area contributed by atoms with E-state index in [0.717, 1.165) is 57.1 Å². The quantitative estimate of drug-likeness (QED) is 0.810. The third-order valence-corrected chi connectivity index (χ3v) is 4.94. The van der Waals surface area contributed by atoms with Crippen LogP contribution in [0.25, 0.3) is 0 Å². The van der Waals surface area contributed by atoms with Crippen molar-refractivity contribution < 1.29 is 4.79 Å². The normalized spacial score (nSPS) is 16.0. The van der Waals surface area contributed by atoms with E-state index in [2.05, 4.69) is 50.7 Å². The largest absolute Gasteiger partial charge is 0.342 e. The van der Waals surface area contributed by atoms with Gasteiger partial charge in [-0.25, -0.2) is 0 Å². The summed E-state index contributed by atoms with van der Waals surface area (Å²) in [5, 5.41) is 12.1. The molecule has 1 atom stereocenters. The average molecular weight is 371 g/mol. The van der Waals surface area contributed by atoms with Gasteiger partial charge >= 0.3 is 0 Å². The molecule has 1 aliphatic heterocycles. The van der Waals surface area contributed by atoms with Crippen molar-refractivity contribution in [2.75, 3.05) is 19.6 Å². The molecular weight excluding hydrogens is 340 g/mol. The second-order valence-corrected chi connectivity index (χ2v) is 7.62. The number of hydrogen-bond donors (Lipinski definition) is 1. The summed E-state index contributed by atoms with van der Waals surface area (Å²) in [5.74, 6) is 2.20. The summed E-state index contributed by atoms with van der Waals surface area (Å²) in [5.41, 5.74) is 0.566. The van der Waals surface area contributed by atoms with Crippen molar-refractivity contribution in [2.24, 2.45) is 5.92 Å². The van der Waals surface area contributed by atoms with E-state index < -0.39 is 0 Å². The van der Waals surface area contributed by atoms with Crippen LogP contribution in [0.15, 0.2) is 24.5 Å². The van der Waals surface area contributed by atoms with E-state index in [-0.39, 0.29) is 11.9 Å². The molecule has 0 fully saturated rings. The molecule has 1 N–H and O–H groups in total. The third kappa shape index (κ3) is 4.91. The zero-order valence-corrected chi connectivity index (χ0v) is 16.6. The van der Waals surface area contributed by atoms with Gasteiger partial charge in [-0.05, 0) is 37.4 Å². The minimum atomic E-state index is -0.156. The van der Waals surface area contributed by atoms with Crippen LogP contribution < -0.4 is 5.32 Å². The van der Waals surface area contributed by atoms with Gasteiger partial charge in [-0.2, -0.15) is 0 Å². The maximum atomic E-state index is 12.7. The first-order valence-electron chi connectivity index (χ1n) is 9.93. The second-order valence-electron chi connectivity index (χ2n) is 7.62.